The van der Waals surface area contributed by atoms with E-state index in [2.05, 4.69) is 22.1 Å². The number of urea groups is 1. The maximum Gasteiger partial charge on any atom is 0.322 e. The number of carbonyl (C=O) groups excluding carboxylic acids is 1. The van der Waals surface area contributed by atoms with Gasteiger partial charge in [0.2, 0.25) is 0 Å². The summed E-state index contributed by atoms with van der Waals surface area (Å²) in [6.07, 6.45) is 2.09. The van der Waals surface area contributed by atoms with Crippen LogP contribution in [0.25, 0.3) is 10.9 Å². The van der Waals surface area contributed by atoms with E-state index in [9.17, 15) is 14.0 Å². The van der Waals surface area contributed by atoms with E-state index in [1.54, 1.807) is 4.90 Å². The summed E-state index contributed by atoms with van der Waals surface area (Å²) >= 11 is 0. The molecule has 1 aromatic heterocycles. The van der Waals surface area contributed by atoms with E-state index in [0.717, 1.165) is 37.1 Å². The molecule has 1 atom stereocenters. The van der Waals surface area contributed by atoms with Crippen molar-refractivity contribution in [1.82, 2.24) is 14.8 Å². The van der Waals surface area contributed by atoms with Crippen molar-refractivity contribution in [2.75, 3.05) is 31.6 Å². The van der Waals surface area contributed by atoms with Crippen LogP contribution in [0.1, 0.15) is 32.3 Å². The van der Waals surface area contributed by atoms with Crippen molar-refractivity contribution < 1.29 is 13.9 Å². The van der Waals surface area contributed by atoms with Crippen LogP contribution in [0.2, 0.25) is 0 Å². The van der Waals surface area contributed by atoms with Crippen molar-refractivity contribution in [2.45, 2.75) is 39.3 Å². The van der Waals surface area contributed by atoms with E-state index in [1.807, 2.05) is 31.2 Å². The molecule has 180 valence electrons. The second-order valence-electron chi connectivity index (χ2n) is 8.55. The lowest BCUT2D eigenvalue weighted by atomic mass is 10.1. The van der Waals surface area contributed by atoms with E-state index in [-0.39, 0.29) is 30.0 Å². The van der Waals surface area contributed by atoms with Crippen molar-refractivity contribution in [1.29, 1.82) is 0 Å². The minimum Gasteiger partial charge on any atom is -0.494 e. The summed E-state index contributed by atoms with van der Waals surface area (Å²) in [4.78, 5) is 33.1. The van der Waals surface area contributed by atoms with Gasteiger partial charge in [0.05, 0.1) is 13.2 Å². The first-order chi connectivity index (χ1) is 16.5. The number of anilines is 1. The monoisotopic (exact) mass is 466 g/mol. The molecule has 2 heterocycles. The number of likely N-dealkylation sites (tertiary alicyclic amines) is 1. The number of nitrogens with zero attached hydrogens (tertiary/aromatic N) is 2. The highest BCUT2D eigenvalue weighted by atomic mass is 19.1. The molecule has 0 spiro atoms. The van der Waals surface area contributed by atoms with Crippen molar-refractivity contribution in [3.8, 4) is 5.75 Å². The molecule has 1 saturated heterocycles. The number of hydrogen-bond acceptors (Lipinski definition) is 4. The SMILES string of the molecule is CCOc1ccc2[nH]c(=O)c(CN(C[C@@H]3CCCN3CC)C(=O)Nc3ccc(F)cc3)cc2c1. The summed E-state index contributed by atoms with van der Waals surface area (Å²) < 4.78 is 18.9. The predicted molar refractivity (Wildman–Crippen MR) is 132 cm³/mol. The Balaban J connectivity index is 1.61. The average molecular weight is 467 g/mol. The summed E-state index contributed by atoms with van der Waals surface area (Å²) in [6, 6.07) is 12.9. The molecule has 4 rings (SSSR count). The Hall–Kier alpha value is -3.39. The van der Waals surface area contributed by atoms with E-state index < -0.39 is 0 Å². The van der Waals surface area contributed by atoms with Gasteiger partial charge in [0.15, 0.2) is 0 Å². The highest BCUT2D eigenvalue weighted by Crippen LogP contribution is 2.22. The van der Waals surface area contributed by atoms with Gasteiger partial charge < -0.3 is 19.9 Å². The van der Waals surface area contributed by atoms with Gasteiger partial charge in [0.25, 0.3) is 5.56 Å². The first-order valence-corrected chi connectivity index (χ1v) is 11.8. The summed E-state index contributed by atoms with van der Waals surface area (Å²) in [6.45, 7) is 7.16. The molecule has 2 N–H and O–H groups in total. The second-order valence-corrected chi connectivity index (χ2v) is 8.55. The molecule has 3 aromatic rings. The van der Waals surface area contributed by atoms with Crippen molar-refractivity contribution in [2.24, 2.45) is 0 Å². The van der Waals surface area contributed by atoms with Gasteiger partial charge in [0, 0.05) is 34.7 Å². The van der Waals surface area contributed by atoms with Crippen LogP contribution >= 0.6 is 0 Å². The molecule has 0 unspecified atom stereocenters. The zero-order valence-electron chi connectivity index (χ0n) is 19.6. The zero-order valence-corrected chi connectivity index (χ0v) is 19.6. The highest BCUT2D eigenvalue weighted by molar-refractivity contribution is 5.89. The number of H-pyrrole nitrogens is 1. The first kappa shape index (κ1) is 23.8. The molecule has 0 saturated carbocycles. The molecular formula is C26H31FN4O3. The molecule has 34 heavy (non-hydrogen) atoms. The molecule has 0 aliphatic carbocycles. The largest absolute Gasteiger partial charge is 0.494 e. The fourth-order valence-electron chi connectivity index (χ4n) is 4.54. The number of hydrogen-bond donors (Lipinski definition) is 2. The fourth-order valence-corrected chi connectivity index (χ4v) is 4.54. The molecule has 0 bridgehead atoms. The first-order valence-electron chi connectivity index (χ1n) is 11.8. The Morgan fingerprint density at radius 3 is 2.74 bits per heavy atom. The van der Waals surface area contributed by atoms with Crippen LogP contribution in [0.3, 0.4) is 0 Å². The Bertz CT molecular complexity index is 1190. The lowest BCUT2D eigenvalue weighted by Gasteiger charge is -2.30. The molecule has 8 heteroatoms. The molecule has 1 aliphatic rings. The standard InChI is InChI=1S/C26H31FN4O3/c1-3-30-13-5-6-22(30)17-31(26(33)28-21-9-7-20(27)8-10-21)16-19-14-18-15-23(34-4-2)11-12-24(18)29-25(19)32/h7-12,14-15,22H,3-6,13,16-17H2,1-2H3,(H,28,33)(H,29,32)/t22-/m0/s1. The number of rotatable bonds is 8. The smallest absolute Gasteiger partial charge is 0.322 e. The van der Waals surface area contributed by atoms with Gasteiger partial charge in [-0.15, -0.1) is 0 Å². The molecular weight excluding hydrogens is 435 g/mol. The van der Waals surface area contributed by atoms with Crippen molar-refractivity contribution in [3.63, 3.8) is 0 Å². The Morgan fingerprint density at radius 1 is 1.21 bits per heavy atom. The van der Waals surface area contributed by atoms with E-state index in [4.69, 9.17) is 4.74 Å². The third kappa shape index (κ3) is 5.56. The number of likely N-dealkylation sites (N-methyl/N-ethyl adjacent to an activating group) is 1. The van der Waals surface area contributed by atoms with Gasteiger partial charge in [-0.3, -0.25) is 9.69 Å². The van der Waals surface area contributed by atoms with Gasteiger partial charge >= 0.3 is 6.03 Å². The predicted octanol–water partition coefficient (Wildman–Crippen LogP) is 4.58. The van der Waals surface area contributed by atoms with Crippen LogP contribution in [0, 0.1) is 5.82 Å². The Kier molecular flexibility index (Phi) is 7.47. The van der Waals surface area contributed by atoms with Crippen LogP contribution in [0.5, 0.6) is 5.75 Å². The van der Waals surface area contributed by atoms with Crippen molar-refractivity contribution in [3.05, 3.63) is 70.3 Å². The number of pyridine rings is 1. The molecule has 7 nitrogen and oxygen atoms in total. The number of carbonyl (C=O) groups is 1. The lowest BCUT2D eigenvalue weighted by Crippen LogP contribution is -2.45. The van der Waals surface area contributed by atoms with Gasteiger partial charge in [0.1, 0.15) is 11.6 Å². The van der Waals surface area contributed by atoms with Gasteiger partial charge in [-0.2, -0.15) is 0 Å². The summed E-state index contributed by atoms with van der Waals surface area (Å²) in [5.74, 6) is 0.358. The van der Waals surface area contributed by atoms with Crippen LogP contribution in [0.4, 0.5) is 14.9 Å². The zero-order chi connectivity index (χ0) is 24.1. The van der Waals surface area contributed by atoms with Gasteiger partial charge in [-0.05, 0) is 81.4 Å². The lowest BCUT2D eigenvalue weighted by molar-refractivity contribution is 0.174. The Labute approximate surface area is 198 Å². The van der Waals surface area contributed by atoms with E-state index >= 15 is 0 Å². The maximum absolute atomic E-state index is 13.3. The second kappa shape index (κ2) is 10.7. The van der Waals surface area contributed by atoms with Gasteiger partial charge in [-0.25, -0.2) is 9.18 Å². The van der Waals surface area contributed by atoms with Crippen LogP contribution in [0.15, 0.2) is 53.3 Å². The third-order valence-electron chi connectivity index (χ3n) is 6.28. The van der Waals surface area contributed by atoms with Crippen LogP contribution < -0.4 is 15.6 Å². The average Bonchev–Trinajstić information content (AvgIpc) is 3.28. The van der Waals surface area contributed by atoms with Crippen molar-refractivity contribution >= 4 is 22.6 Å². The topological polar surface area (TPSA) is 77.7 Å². The van der Waals surface area contributed by atoms with Gasteiger partial charge in [-0.1, -0.05) is 6.92 Å². The summed E-state index contributed by atoms with van der Waals surface area (Å²) in [7, 11) is 0. The third-order valence-corrected chi connectivity index (χ3v) is 6.28. The summed E-state index contributed by atoms with van der Waals surface area (Å²) in [5.41, 5.74) is 1.49. The minimum atomic E-state index is -0.367. The number of amides is 2. The minimum absolute atomic E-state index is 0.158. The Morgan fingerprint density at radius 2 is 2.00 bits per heavy atom. The highest BCUT2D eigenvalue weighted by Gasteiger charge is 2.28. The fraction of sp³-hybridized carbons (Fsp3) is 0.385. The number of benzene rings is 2. The number of ether oxygens (including phenoxy) is 1. The number of aromatic amines is 1. The molecule has 1 fully saturated rings. The normalized spacial score (nSPS) is 16.0. The number of nitrogens with one attached hydrogen (secondary N) is 2. The number of fused-ring (bicyclic) bond motifs is 1. The number of aromatic nitrogens is 1. The number of halogens is 1. The van der Waals surface area contributed by atoms with Crippen LogP contribution in [-0.2, 0) is 6.54 Å². The quantitative estimate of drug-likeness (QED) is 0.509. The van der Waals surface area contributed by atoms with Crippen LogP contribution in [-0.4, -0.2) is 53.1 Å². The van der Waals surface area contributed by atoms with E-state index in [0.29, 0.717) is 29.9 Å². The maximum atomic E-state index is 13.3. The molecule has 0 radical (unpaired) electrons. The van der Waals surface area contributed by atoms with E-state index in [1.165, 1.54) is 24.3 Å². The molecule has 1 aliphatic heterocycles. The summed E-state index contributed by atoms with van der Waals surface area (Å²) in [5, 5.41) is 3.69. The molecule has 2 amide bonds. The molecule has 2 aromatic carbocycles.